The molecule has 0 saturated carbocycles. The number of hydrogen-bond acceptors (Lipinski definition) is 1. The highest BCUT2D eigenvalue weighted by Gasteiger charge is 2.19. The lowest BCUT2D eigenvalue weighted by atomic mass is 10.0. The van der Waals surface area contributed by atoms with Crippen molar-refractivity contribution in [3.8, 4) is 0 Å². The summed E-state index contributed by atoms with van der Waals surface area (Å²) >= 11 is 3.46. The van der Waals surface area contributed by atoms with Gasteiger partial charge in [-0.25, -0.2) is 0 Å². The van der Waals surface area contributed by atoms with Crippen LogP contribution in [0, 0.1) is 5.92 Å². The molecule has 1 amide bonds. The predicted octanol–water partition coefficient (Wildman–Crippen LogP) is 4.83. The number of amides is 1. The van der Waals surface area contributed by atoms with Crippen LogP contribution in [0.1, 0.15) is 44.1 Å². The highest BCUT2D eigenvalue weighted by atomic mass is 79.9. The van der Waals surface area contributed by atoms with Crippen LogP contribution in [0.15, 0.2) is 28.7 Å². The van der Waals surface area contributed by atoms with E-state index < -0.39 is 0 Å². The number of rotatable bonds is 6. The molecular formula is C17H23BrN2O. The maximum atomic E-state index is 12.7. The van der Waals surface area contributed by atoms with Gasteiger partial charge in [0.2, 0.25) is 0 Å². The van der Waals surface area contributed by atoms with E-state index in [4.69, 9.17) is 0 Å². The summed E-state index contributed by atoms with van der Waals surface area (Å²) in [6, 6.07) is 7.96. The van der Waals surface area contributed by atoms with Gasteiger partial charge in [-0.3, -0.25) is 4.79 Å². The SMILES string of the molecule is CCC(CC)CN(CC)C(=O)c1cc2ccc(Br)cc2[nH]1. The van der Waals surface area contributed by atoms with Crippen LogP contribution in [0.25, 0.3) is 10.9 Å². The Morgan fingerprint density at radius 2 is 1.95 bits per heavy atom. The average molecular weight is 351 g/mol. The first-order valence-corrected chi connectivity index (χ1v) is 8.45. The van der Waals surface area contributed by atoms with Gasteiger partial charge in [0.1, 0.15) is 5.69 Å². The Labute approximate surface area is 134 Å². The zero-order valence-electron chi connectivity index (χ0n) is 12.9. The fraction of sp³-hybridized carbons (Fsp3) is 0.471. The molecule has 0 spiro atoms. The first kappa shape index (κ1) is 16.1. The molecule has 114 valence electrons. The summed E-state index contributed by atoms with van der Waals surface area (Å²) in [6.07, 6.45) is 2.22. The molecule has 1 N–H and O–H groups in total. The fourth-order valence-corrected chi connectivity index (χ4v) is 2.96. The third kappa shape index (κ3) is 3.67. The number of benzene rings is 1. The van der Waals surface area contributed by atoms with Crippen molar-refractivity contribution in [3.63, 3.8) is 0 Å². The van der Waals surface area contributed by atoms with Crippen LogP contribution in [0.3, 0.4) is 0 Å². The van der Waals surface area contributed by atoms with Crippen LogP contribution in [-0.2, 0) is 0 Å². The predicted molar refractivity (Wildman–Crippen MR) is 91.6 cm³/mol. The second-order valence-electron chi connectivity index (χ2n) is 5.44. The molecule has 0 aliphatic carbocycles. The molecule has 2 aromatic rings. The highest BCUT2D eigenvalue weighted by Crippen LogP contribution is 2.21. The number of halogens is 1. The van der Waals surface area contributed by atoms with E-state index in [0.29, 0.717) is 11.6 Å². The van der Waals surface area contributed by atoms with E-state index in [1.807, 2.05) is 36.1 Å². The molecule has 0 fully saturated rings. The second kappa shape index (κ2) is 7.12. The normalized spacial score (nSPS) is 11.3. The second-order valence-corrected chi connectivity index (χ2v) is 6.36. The van der Waals surface area contributed by atoms with Crippen molar-refractivity contribution in [3.05, 3.63) is 34.4 Å². The molecule has 0 aliphatic heterocycles. The van der Waals surface area contributed by atoms with Gasteiger partial charge in [-0.2, -0.15) is 0 Å². The van der Waals surface area contributed by atoms with E-state index >= 15 is 0 Å². The zero-order chi connectivity index (χ0) is 15.4. The maximum absolute atomic E-state index is 12.7. The number of hydrogen-bond donors (Lipinski definition) is 1. The van der Waals surface area contributed by atoms with E-state index in [-0.39, 0.29) is 5.91 Å². The van der Waals surface area contributed by atoms with E-state index in [0.717, 1.165) is 41.3 Å². The Kier molecular flexibility index (Phi) is 5.45. The largest absolute Gasteiger partial charge is 0.350 e. The van der Waals surface area contributed by atoms with Crippen molar-refractivity contribution < 1.29 is 4.79 Å². The number of H-pyrrole nitrogens is 1. The number of aromatic amines is 1. The van der Waals surface area contributed by atoms with Gasteiger partial charge in [-0.05, 0) is 31.0 Å². The topological polar surface area (TPSA) is 36.1 Å². The van der Waals surface area contributed by atoms with E-state index in [9.17, 15) is 4.79 Å². The van der Waals surface area contributed by atoms with Crippen LogP contribution in [0.4, 0.5) is 0 Å². The van der Waals surface area contributed by atoms with Crippen LogP contribution in [0.5, 0.6) is 0 Å². The minimum absolute atomic E-state index is 0.0942. The molecule has 1 aromatic heterocycles. The van der Waals surface area contributed by atoms with Crippen molar-refractivity contribution in [1.29, 1.82) is 0 Å². The quantitative estimate of drug-likeness (QED) is 0.795. The smallest absolute Gasteiger partial charge is 0.270 e. The lowest BCUT2D eigenvalue weighted by molar-refractivity contribution is 0.0730. The van der Waals surface area contributed by atoms with E-state index in [2.05, 4.69) is 34.8 Å². The van der Waals surface area contributed by atoms with Crippen LogP contribution >= 0.6 is 15.9 Å². The molecule has 0 aliphatic rings. The van der Waals surface area contributed by atoms with Gasteiger partial charge in [0.05, 0.1) is 0 Å². The molecule has 1 aromatic carbocycles. The van der Waals surface area contributed by atoms with Crippen molar-refractivity contribution in [2.45, 2.75) is 33.6 Å². The third-order valence-electron chi connectivity index (χ3n) is 4.12. The molecule has 1 heterocycles. The summed E-state index contributed by atoms with van der Waals surface area (Å²) in [7, 11) is 0. The first-order valence-electron chi connectivity index (χ1n) is 7.66. The Hall–Kier alpha value is -1.29. The lowest BCUT2D eigenvalue weighted by Crippen LogP contribution is -2.35. The summed E-state index contributed by atoms with van der Waals surface area (Å²) in [5, 5.41) is 1.07. The Balaban J connectivity index is 2.22. The van der Waals surface area contributed by atoms with Crippen molar-refractivity contribution in [2.75, 3.05) is 13.1 Å². The van der Waals surface area contributed by atoms with Gasteiger partial charge in [0.25, 0.3) is 5.91 Å². The van der Waals surface area contributed by atoms with Crippen molar-refractivity contribution in [1.82, 2.24) is 9.88 Å². The standard InChI is InChI=1S/C17H23BrN2O/c1-4-12(5-2)11-20(6-3)17(21)16-9-13-7-8-14(18)10-15(13)19-16/h7-10,12,19H,4-6,11H2,1-3H3. The van der Waals surface area contributed by atoms with Gasteiger partial charge < -0.3 is 9.88 Å². The molecule has 3 nitrogen and oxygen atoms in total. The number of fused-ring (bicyclic) bond motifs is 1. The highest BCUT2D eigenvalue weighted by molar-refractivity contribution is 9.10. The number of aromatic nitrogens is 1. The summed E-state index contributed by atoms with van der Waals surface area (Å²) in [6.45, 7) is 8.00. The van der Waals surface area contributed by atoms with Gasteiger partial charge in [0, 0.05) is 28.5 Å². The summed E-state index contributed by atoms with van der Waals surface area (Å²) in [4.78, 5) is 17.9. The molecule has 0 unspecified atom stereocenters. The molecule has 21 heavy (non-hydrogen) atoms. The van der Waals surface area contributed by atoms with Crippen molar-refractivity contribution in [2.24, 2.45) is 5.92 Å². The van der Waals surface area contributed by atoms with Crippen molar-refractivity contribution >= 4 is 32.7 Å². The first-order chi connectivity index (χ1) is 10.1. The minimum Gasteiger partial charge on any atom is -0.350 e. The molecule has 2 rings (SSSR count). The van der Waals surface area contributed by atoms with Crippen LogP contribution < -0.4 is 0 Å². The van der Waals surface area contributed by atoms with E-state index in [1.54, 1.807) is 0 Å². The molecular weight excluding hydrogens is 328 g/mol. The number of nitrogens with zero attached hydrogens (tertiary/aromatic N) is 1. The molecule has 0 atom stereocenters. The van der Waals surface area contributed by atoms with Gasteiger partial charge >= 0.3 is 0 Å². The van der Waals surface area contributed by atoms with E-state index in [1.165, 1.54) is 0 Å². The summed E-state index contributed by atoms with van der Waals surface area (Å²) in [5.41, 5.74) is 1.67. The minimum atomic E-state index is 0.0942. The zero-order valence-corrected chi connectivity index (χ0v) is 14.5. The number of carbonyl (C=O) groups excluding carboxylic acids is 1. The molecule has 4 heteroatoms. The van der Waals surface area contributed by atoms with Gasteiger partial charge in [-0.15, -0.1) is 0 Å². The van der Waals surface area contributed by atoms with Crippen LogP contribution in [0.2, 0.25) is 0 Å². The monoisotopic (exact) mass is 350 g/mol. The van der Waals surface area contributed by atoms with Gasteiger partial charge in [-0.1, -0.05) is 48.7 Å². The summed E-state index contributed by atoms with van der Waals surface area (Å²) in [5.74, 6) is 0.671. The molecule has 0 bridgehead atoms. The fourth-order valence-electron chi connectivity index (χ4n) is 2.60. The average Bonchev–Trinajstić information content (AvgIpc) is 2.91. The lowest BCUT2D eigenvalue weighted by Gasteiger charge is -2.25. The van der Waals surface area contributed by atoms with Gasteiger partial charge in [0.15, 0.2) is 0 Å². The molecule has 0 saturated heterocycles. The third-order valence-corrected chi connectivity index (χ3v) is 4.61. The van der Waals surface area contributed by atoms with Crippen LogP contribution in [-0.4, -0.2) is 28.9 Å². The Morgan fingerprint density at radius 3 is 2.57 bits per heavy atom. The number of nitrogens with one attached hydrogen (secondary N) is 1. The maximum Gasteiger partial charge on any atom is 0.270 e. The molecule has 0 radical (unpaired) electrons. The Morgan fingerprint density at radius 1 is 1.24 bits per heavy atom. The summed E-state index contributed by atoms with van der Waals surface area (Å²) < 4.78 is 1.01. The Bertz CT molecular complexity index is 616. The number of carbonyl (C=O) groups is 1.